The summed E-state index contributed by atoms with van der Waals surface area (Å²) in [6.07, 6.45) is 7.85. The first-order valence-corrected chi connectivity index (χ1v) is 10.9. The monoisotopic (exact) mass is 418 g/mol. The minimum absolute atomic E-state index is 0.176. The van der Waals surface area contributed by atoms with Gasteiger partial charge in [-0.3, -0.25) is 0 Å². The molecule has 1 aliphatic carbocycles. The number of rotatable bonds is 4. The zero-order valence-electron chi connectivity index (χ0n) is 16.7. The molecule has 0 radical (unpaired) electrons. The van der Waals surface area contributed by atoms with Crippen molar-refractivity contribution in [2.24, 2.45) is 5.92 Å². The summed E-state index contributed by atoms with van der Waals surface area (Å²) in [5, 5.41) is 9.90. The Bertz CT molecular complexity index is 1220. The molecule has 1 fully saturated rings. The van der Waals surface area contributed by atoms with Crippen molar-refractivity contribution in [1.82, 2.24) is 19.4 Å². The first kappa shape index (κ1) is 19.1. The molecule has 0 bridgehead atoms. The van der Waals surface area contributed by atoms with Crippen LogP contribution >= 0.6 is 11.6 Å². The minimum Gasteiger partial charge on any atom is -0.244 e. The molecule has 0 aliphatic heterocycles. The van der Waals surface area contributed by atoms with Crippen LogP contribution in [-0.4, -0.2) is 19.4 Å². The van der Waals surface area contributed by atoms with Gasteiger partial charge in [-0.2, -0.15) is 9.61 Å². The molecule has 6 heteroatoms. The lowest BCUT2D eigenvalue weighted by Crippen LogP contribution is -2.26. The highest BCUT2D eigenvalue weighted by atomic mass is 35.5. The van der Waals surface area contributed by atoms with Crippen molar-refractivity contribution in [3.05, 3.63) is 76.3 Å². The van der Waals surface area contributed by atoms with Crippen molar-refractivity contribution >= 4 is 17.2 Å². The number of halogens is 1. The van der Waals surface area contributed by atoms with Gasteiger partial charge >= 0.3 is 5.69 Å². The fourth-order valence-corrected chi connectivity index (χ4v) is 4.56. The maximum atomic E-state index is 13.1. The number of nitrogens with zero attached hydrogens (tertiary/aromatic N) is 4. The molecule has 5 nitrogen and oxygen atoms in total. The summed E-state index contributed by atoms with van der Waals surface area (Å²) in [5.74, 6) is 0.508. The van der Waals surface area contributed by atoms with Crippen molar-refractivity contribution in [1.29, 1.82) is 0 Å². The predicted octanol–water partition coefficient (Wildman–Crippen LogP) is 5.46. The molecule has 2 heterocycles. The Balaban J connectivity index is 1.70. The van der Waals surface area contributed by atoms with Gasteiger partial charge in [0.05, 0.1) is 6.20 Å². The van der Waals surface area contributed by atoms with Gasteiger partial charge in [0.2, 0.25) is 0 Å². The quantitative estimate of drug-likeness (QED) is 0.442. The Morgan fingerprint density at radius 2 is 1.67 bits per heavy atom. The SMILES string of the molecule is O=c1n(CC2CCCCC2)nc2c(-c3ccc(Cl)cc3)c(-c3ccccc3)cnn12. The van der Waals surface area contributed by atoms with Crippen LogP contribution in [0.2, 0.25) is 5.02 Å². The zero-order valence-corrected chi connectivity index (χ0v) is 17.4. The Morgan fingerprint density at radius 3 is 2.40 bits per heavy atom. The van der Waals surface area contributed by atoms with E-state index in [0.29, 0.717) is 23.1 Å². The number of hydrogen-bond acceptors (Lipinski definition) is 3. The summed E-state index contributed by atoms with van der Waals surface area (Å²) >= 11 is 6.12. The highest BCUT2D eigenvalue weighted by Gasteiger charge is 2.21. The standard InChI is InChI=1S/C24H23ClN4O/c25-20-13-11-19(12-14-20)22-21(18-9-5-2-6-10-18)15-26-29-23(22)27-28(24(29)30)16-17-7-3-1-4-8-17/h2,5-6,9-15,17H,1,3-4,7-8,16H2. The largest absolute Gasteiger partial charge is 0.367 e. The van der Waals surface area contributed by atoms with Gasteiger partial charge in [0.25, 0.3) is 0 Å². The molecular formula is C24H23ClN4O. The van der Waals surface area contributed by atoms with Crippen molar-refractivity contribution < 1.29 is 0 Å². The molecule has 0 atom stereocenters. The second kappa shape index (κ2) is 8.07. The van der Waals surface area contributed by atoms with Gasteiger partial charge in [0.15, 0.2) is 5.65 Å². The predicted molar refractivity (Wildman–Crippen MR) is 120 cm³/mol. The van der Waals surface area contributed by atoms with E-state index < -0.39 is 0 Å². The number of fused-ring (bicyclic) bond motifs is 1. The molecule has 0 spiro atoms. The summed E-state index contributed by atoms with van der Waals surface area (Å²) in [6, 6.07) is 17.7. The average Bonchev–Trinajstić information content (AvgIpc) is 3.10. The maximum Gasteiger partial charge on any atom is 0.367 e. The molecule has 0 N–H and O–H groups in total. The molecule has 0 amide bonds. The van der Waals surface area contributed by atoms with E-state index in [0.717, 1.165) is 35.1 Å². The van der Waals surface area contributed by atoms with Crippen molar-refractivity contribution in [3.63, 3.8) is 0 Å². The third-order valence-electron chi connectivity index (χ3n) is 5.99. The van der Waals surface area contributed by atoms with E-state index in [1.165, 1.54) is 23.8 Å². The molecule has 152 valence electrons. The summed E-state index contributed by atoms with van der Waals surface area (Å²) in [4.78, 5) is 13.1. The van der Waals surface area contributed by atoms with Crippen molar-refractivity contribution in [3.8, 4) is 22.3 Å². The second-order valence-electron chi connectivity index (χ2n) is 8.01. The molecule has 30 heavy (non-hydrogen) atoms. The van der Waals surface area contributed by atoms with E-state index in [2.05, 4.69) is 5.10 Å². The maximum absolute atomic E-state index is 13.1. The molecular weight excluding hydrogens is 396 g/mol. The highest BCUT2D eigenvalue weighted by molar-refractivity contribution is 6.30. The normalized spacial score (nSPS) is 15.0. The summed E-state index contributed by atoms with van der Waals surface area (Å²) in [5.41, 5.74) is 4.24. The zero-order chi connectivity index (χ0) is 20.5. The molecule has 5 rings (SSSR count). The van der Waals surface area contributed by atoms with Gasteiger partial charge in [0.1, 0.15) is 0 Å². The third kappa shape index (κ3) is 3.54. The summed E-state index contributed by atoms with van der Waals surface area (Å²) in [7, 11) is 0. The van der Waals surface area contributed by atoms with Crippen LogP contribution in [-0.2, 0) is 6.54 Å². The highest BCUT2D eigenvalue weighted by Crippen LogP contribution is 2.34. The average molecular weight is 419 g/mol. The number of aromatic nitrogens is 4. The van der Waals surface area contributed by atoms with Crippen LogP contribution in [0.25, 0.3) is 27.9 Å². The van der Waals surface area contributed by atoms with Crippen LogP contribution in [0.1, 0.15) is 32.1 Å². The molecule has 2 aromatic carbocycles. The van der Waals surface area contributed by atoms with Crippen LogP contribution in [0.3, 0.4) is 0 Å². The number of benzene rings is 2. The molecule has 0 saturated heterocycles. The van der Waals surface area contributed by atoms with Crippen molar-refractivity contribution in [2.45, 2.75) is 38.6 Å². The fraction of sp³-hybridized carbons (Fsp3) is 0.292. The summed E-state index contributed by atoms with van der Waals surface area (Å²) < 4.78 is 3.03. The lowest BCUT2D eigenvalue weighted by atomic mass is 9.89. The van der Waals surface area contributed by atoms with E-state index in [1.807, 2.05) is 54.6 Å². The van der Waals surface area contributed by atoms with Crippen molar-refractivity contribution in [2.75, 3.05) is 0 Å². The Hall–Kier alpha value is -2.92. The summed E-state index contributed by atoms with van der Waals surface area (Å²) in [6.45, 7) is 0.656. The van der Waals surface area contributed by atoms with E-state index >= 15 is 0 Å². The minimum atomic E-state index is -0.176. The van der Waals surface area contributed by atoms with E-state index in [-0.39, 0.29) is 5.69 Å². The first-order valence-electron chi connectivity index (χ1n) is 10.5. The van der Waals surface area contributed by atoms with Gasteiger partial charge in [0, 0.05) is 22.7 Å². The first-order chi connectivity index (χ1) is 14.7. The fourth-order valence-electron chi connectivity index (χ4n) is 4.43. The van der Waals surface area contributed by atoms with E-state index in [9.17, 15) is 4.79 Å². The van der Waals surface area contributed by atoms with Crippen LogP contribution in [0.15, 0.2) is 65.6 Å². The molecule has 1 saturated carbocycles. The smallest absolute Gasteiger partial charge is 0.244 e. The Kier molecular flexibility index (Phi) is 5.13. The van der Waals surface area contributed by atoms with Crippen LogP contribution in [0.4, 0.5) is 0 Å². The van der Waals surface area contributed by atoms with E-state index in [4.69, 9.17) is 16.7 Å². The lowest BCUT2D eigenvalue weighted by Gasteiger charge is -2.20. The number of hydrogen-bond donors (Lipinski definition) is 0. The lowest BCUT2D eigenvalue weighted by molar-refractivity contribution is 0.304. The van der Waals surface area contributed by atoms with Crippen LogP contribution in [0, 0.1) is 5.92 Å². The van der Waals surface area contributed by atoms with Gasteiger partial charge < -0.3 is 0 Å². The van der Waals surface area contributed by atoms with Gasteiger partial charge in [-0.15, -0.1) is 5.10 Å². The second-order valence-corrected chi connectivity index (χ2v) is 8.45. The van der Waals surface area contributed by atoms with Crippen LogP contribution in [0.5, 0.6) is 0 Å². The Labute approximate surface area is 179 Å². The molecule has 4 aromatic rings. The Morgan fingerprint density at radius 1 is 0.933 bits per heavy atom. The van der Waals surface area contributed by atoms with Gasteiger partial charge in [-0.05, 0) is 42.0 Å². The third-order valence-corrected chi connectivity index (χ3v) is 6.24. The van der Waals surface area contributed by atoms with Gasteiger partial charge in [-0.1, -0.05) is 73.3 Å². The molecule has 1 aliphatic rings. The molecule has 2 aromatic heterocycles. The topological polar surface area (TPSA) is 52.2 Å². The van der Waals surface area contributed by atoms with E-state index in [1.54, 1.807) is 10.9 Å². The van der Waals surface area contributed by atoms with Gasteiger partial charge in [-0.25, -0.2) is 9.48 Å². The molecule has 0 unspecified atom stereocenters. The van der Waals surface area contributed by atoms with Crippen LogP contribution < -0.4 is 5.69 Å².